The molecule has 0 aliphatic carbocycles. The number of benzene rings is 2. The number of carbonyl (C=O) groups excluding carboxylic acids is 1. The molecule has 3 aromatic rings. The fourth-order valence-corrected chi connectivity index (χ4v) is 5.42. The minimum Gasteiger partial charge on any atom is -0.354 e. The molecule has 8 heteroatoms. The summed E-state index contributed by atoms with van der Waals surface area (Å²) in [6.45, 7) is 8.00. The summed E-state index contributed by atoms with van der Waals surface area (Å²) in [7, 11) is -3.85. The molecule has 0 saturated carbocycles. The quantitative estimate of drug-likeness (QED) is 0.555. The molecule has 1 aromatic heterocycles. The zero-order valence-electron chi connectivity index (χ0n) is 17.6. The number of aromatic nitrogens is 1. The molecule has 2 N–H and O–H groups in total. The number of carbonyl (C=O) groups is 1. The number of fused-ring (bicyclic) bond motifs is 1. The van der Waals surface area contributed by atoms with Crippen LogP contribution in [0.5, 0.6) is 0 Å². The first kappa shape index (κ1) is 22.4. The van der Waals surface area contributed by atoms with E-state index in [1.807, 2.05) is 52.0 Å². The van der Waals surface area contributed by atoms with Gasteiger partial charge in [-0.15, -0.1) is 11.3 Å². The van der Waals surface area contributed by atoms with E-state index in [-0.39, 0.29) is 16.7 Å². The van der Waals surface area contributed by atoms with Crippen LogP contribution >= 0.6 is 11.3 Å². The molecule has 0 aliphatic rings. The molecule has 160 valence electrons. The van der Waals surface area contributed by atoms with Crippen LogP contribution in [0.2, 0.25) is 0 Å². The molecule has 6 nitrogen and oxygen atoms in total. The maximum Gasteiger partial charge on any atom is 0.241 e. The largest absolute Gasteiger partial charge is 0.354 e. The fraction of sp³-hybridized carbons (Fsp3) is 0.364. The number of aryl methyl sites for hydroxylation is 2. The zero-order valence-corrected chi connectivity index (χ0v) is 19.2. The highest BCUT2D eigenvalue weighted by Crippen LogP contribution is 2.25. The van der Waals surface area contributed by atoms with E-state index in [2.05, 4.69) is 15.0 Å². The highest BCUT2D eigenvalue weighted by atomic mass is 32.2. The van der Waals surface area contributed by atoms with E-state index >= 15 is 0 Å². The van der Waals surface area contributed by atoms with Crippen molar-refractivity contribution in [2.45, 2.75) is 45.1 Å². The van der Waals surface area contributed by atoms with E-state index in [4.69, 9.17) is 0 Å². The molecule has 0 radical (unpaired) electrons. The smallest absolute Gasteiger partial charge is 0.241 e. The predicted molar refractivity (Wildman–Crippen MR) is 121 cm³/mol. The second-order valence-corrected chi connectivity index (χ2v) is 10.7. The highest BCUT2D eigenvalue weighted by molar-refractivity contribution is 7.89. The molecular formula is C22H27N3O3S2. The van der Waals surface area contributed by atoms with Crippen molar-refractivity contribution in [2.24, 2.45) is 5.92 Å². The molecule has 0 bridgehead atoms. The normalized spacial score (nSPS) is 13.0. The first-order valence-corrected chi connectivity index (χ1v) is 12.2. The Kier molecular flexibility index (Phi) is 6.90. The molecule has 1 amide bonds. The van der Waals surface area contributed by atoms with Crippen LogP contribution in [0.15, 0.2) is 47.4 Å². The van der Waals surface area contributed by atoms with Crippen molar-refractivity contribution in [2.75, 3.05) is 6.54 Å². The number of sulfonamides is 1. The standard InChI is InChI=1S/C22H27N3O3S2/c1-14(2)21(22(26)23-12-11-17-7-5-15(3)6-8-17)25-30(27,28)18-9-10-19-20(13-18)29-16(4)24-19/h5-10,13-14,21,25H,11-12H2,1-4H3,(H,23,26)/t21-/m1/s1. The van der Waals surface area contributed by atoms with E-state index < -0.39 is 16.1 Å². The summed E-state index contributed by atoms with van der Waals surface area (Å²) < 4.78 is 29.2. The lowest BCUT2D eigenvalue weighted by Crippen LogP contribution is -2.49. The lowest BCUT2D eigenvalue weighted by atomic mass is 10.0. The molecule has 0 saturated heterocycles. The van der Waals surface area contributed by atoms with Crippen LogP contribution in [0.25, 0.3) is 10.2 Å². The molecule has 0 unspecified atom stereocenters. The van der Waals surface area contributed by atoms with Gasteiger partial charge in [0.25, 0.3) is 0 Å². The zero-order chi connectivity index (χ0) is 21.9. The van der Waals surface area contributed by atoms with E-state index in [9.17, 15) is 13.2 Å². The Morgan fingerprint density at radius 1 is 1.10 bits per heavy atom. The van der Waals surface area contributed by atoms with E-state index in [0.717, 1.165) is 20.8 Å². The maximum atomic E-state index is 12.9. The number of nitrogens with one attached hydrogen (secondary N) is 2. The molecule has 3 rings (SSSR count). The predicted octanol–water partition coefficient (Wildman–Crippen LogP) is 3.57. The van der Waals surface area contributed by atoms with Crippen LogP contribution in [0.3, 0.4) is 0 Å². The lowest BCUT2D eigenvalue weighted by Gasteiger charge is -2.21. The summed E-state index contributed by atoms with van der Waals surface area (Å²) in [4.78, 5) is 17.2. The molecule has 0 fully saturated rings. The van der Waals surface area contributed by atoms with Crippen LogP contribution < -0.4 is 10.0 Å². The molecule has 1 heterocycles. The Balaban J connectivity index is 1.68. The third kappa shape index (κ3) is 5.44. The third-order valence-electron chi connectivity index (χ3n) is 4.84. The Labute approximate surface area is 181 Å². The van der Waals surface area contributed by atoms with E-state index in [1.165, 1.54) is 23.0 Å². The minimum atomic E-state index is -3.85. The Hall–Kier alpha value is -2.29. The van der Waals surface area contributed by atoms with Crippen molar-refractivity contribution in [3.05, 3.63) is 58.6 Å². The summed E-state index contributed by atoms with van der Waals surface area (Å²) >= 11 is 1.44. The number of amides is 1. The number of thiazole rings is 1. The van der Waals surface area contributed by atoms with Crippen molar-refractivity contribution in [3.8, 4) is 0 Å². The molecular weight excluding hydrogens is 418 g/mol. The van der Waals surface area contributed by atoms with Gasteiger partial charge in [0, 0.05) is 6.54 Å². The second-order valence-electron chi connectivity index (χ2n) is 7.73. The summed E-state index contributed by atoms with van der Waals surface area (Å²) in [5, 5.41) is 3.74. The van der Waals surface area contributed by atoms with Crippen LogP contribution in [-0.4, -0.2) is 31.9 Å². The van der Waals surface area contributed by atoms with Gasteiger partial charge in [0.15, 0.2) is 0 Å². The Morgan fingerprint density at radius 3 is 2.47 bits per heavy atom. The SMILES string of the molecule is Cc1ccc(CCNC(=O)[C@H](NS(=O)(=O)c2ccc3nc(C)sc3c2)C(C)C)cc1. The average molecular weight is 446 g/mol. The third-order valence-corrected chi connectivity index (χ3v) is 7.21. The summed E-state index contributed by atoms with van der Waals surface area (Å²) in [5.41, 5.74) is 3.07. The first-order chi connectivity index (χ1) is 14.2. The van der Waals surface area contributed by atoms with Gasteiger partial charge in [-0.1, -0.05) is 43.7 Å². The van der Waals surface area contributed by atoms with Crippen molar-refractivity contribution < 1.29 is 13.2 Å². The number of hydrogen-bond donors (Lipinski definition) is 2. The average Bonchev–Trinajstić information content (AvgIpc) is 3.06. The molecule has 0 spiro atoms. The fourth-order valence-electron chi connectivity index (χ4n) is 3.11. The Bertz CT molecular complexity index is 1140. The van der Waals surface area contributed by atoms with Gasteiger partial charge in [-0.3, -0.25) is 4.79 Å². The van der Waals surface area contributed by atoms with Gasteiger partial charge in [0.2, 0.25) is 15.9 Å². The van der Waals surface area contributed by atoms with Crippen LogP contribution in [0.4, 0.5) is 0 Å². The van der Waals surface area contributed by atoms with Crippen molar-refractivity contribution in [1.82, 2.24) is 15.0 Å². The van der Waals surface area contributed by atoms with Gasteiger partial charge in [0.05, 0.1) is 20.1 Å². The number of rotatable bonds is 8. The molecule has 0 aliphatic heterocycles. The number of nitrogens with zero attached hydrogens (tertiary/aromatic N) is 1. The lowest BCUT2D eigenvalue weighted by molar-refractivity contribution is -0.123. The van der Waals surface area contributed by atoms with Crippen molar-refractivity contribution in [3.63, 3.8) is 0 Å². The summed E-state index contributed by atoms with van der Waals surface area (Å²) in [6, 6.07) is 12.1. The van der Waals surface area contributed by atoms with Gasteiger partial charge in [0.1, 0.15) is 6.04 Å². The topological polar surface area (TPSA) is 88.2 Å². The van der Waals surface area contributed by atoms with Crippen molar-refractivity contribution in [1.29, 1.82) is 0 Å². The first-order valence-electron chi connectivity index (χ1n) is 9.88. The van der Waals surface area contributed by atoms with Crippen molar-refractivity contribution >= 4 is 37.5 Å². The summed E-state index contributed by atoms with van der Waals surface area (Å²) in [5.74, 6) is -0.524. The number of hydrogen-bond acceptors (Lipinski definition) is 5. The second kappa shape index (κ2) is 9.24. The maximum absolute atomic E-state index is 12.9. The minimum absolute atomic E-state index is 0.136. The van der Waals surface area contributed by atoms with Gasteiger partial charge >= 0.3 is 0 Å². The van der Waals surface area contributed by atoms with Crippen LogP contribution in [0.1, 0.15) is 30.0 Å². The van der Waals surface area contributed by atoms with Gasteiger partial charge in [-0.25, -0.2) is 13.4 Å². The van der Waals surface area contributed by atoms with Gasteiger partial charge in [-0.2, -0.15) is 4.72 Å². The van der Waals surface area contributed by atoms with Crippen LogP contribution in [-0.2, 0) is 21.2 Å². The Morgan fingerprint density at radius 2 is 1.80 bits per heavy atom. The van der Waals surface area contributed by atoms with Gasteiger partial charge < -0.3 is 5.32 Å². The van der Waals surface area contributed by atoms with E-state index in [1.54, 1.807) is 12.1 Å². The summed E-state index contributed by atoms with van der Waals surface area (Å²) in [6.07, 6.45) is 0.685. The van der Waals surface area contributed by atoms with E-state index in [0.29, 0.717) is 13.0 Å². The molecule has 30 heavy (non-hydrogen) atoms. The van der Waals surface area contributed by atoms with Gasteiger partial charge in [-0.05, 0) is 49.9 Å². The molecule has 1 atom stereocenters. The monoisotopic (exact) mass is 445 g/mol. The highest BCUT2D eigenvalue weighted by Gasteiger charge is 2.28. The molecule has 2 aromatic carbocycles. The van der Waals surface area contributed by atoms with Crippen LogP contribution in [0, 0.1) is 19.8 Å².